The number of hydrogen-bond acceptors (Lipinski definition) is 7. The van der Waals surface area contributed by atoms with Crippen LogP contribution in [0.1, 0.15) is 23.7 Å². The smallest absolute Gasteiger partial charge is 0.343 e. The molecule has 7 heteroatoms. The molecule has 0 aromatic carbocycles. The number of aromatic nitrogens is 2. The molecule has 0 spiro atoms. The summed E-state index contributed by atoms with van der Waals surface area (Å²) in [5, 5.41) is 9.12. The van der Waals surface area contributed by atoms with E-state index >= 15 is 0 Å². The molecule has 0 saturated carbocycles. The largest absolute Gasteiger partial charge is 0.462 e. The molecule has 0 aliphatic carbocycles. The molecule has 0 radical (unpaired) electrons. The van der Waals surface area contributed by atoms with Gasteiger partial charge in [-0.15, -0.1) is 0 Å². The number of carbonyl (C=O) groups is 1. The Labute approximate surface area is 104 Å². The Bertz CT molecular complexity index is 387. The van der Waals surface area contributed by atoms with Crippen molar-refractivity contribution in [3.63, 3.8) is 0 Å². The van der Waals surface area contributed by atoms with Crippen LogP contribution in [-0.4, -0.2) is 40.0 Å². The van der Waals surface area contributed by atoms with Crippen LogP contribution in [0.3, 0.4) is 0 Å². The number of thioether (sulfide) groups is 1. The molecule has 1 aromatic heterocycles. The first-order chi connectivity index (χ1) is 8.19. The van der Waals surface area contributed by atoms with E-state index in [1.165, 1.54) is 18.0 Å². The van der Waals surface area contributed by atoms with E-state index in [0.29, 0.717) is 17.3 Å². The van der Waals surface area contributed by atoms with Crippen molar-refractivity contribution in [2.75, 3.05) is 24.7 Å². The number of ether oxygens (including phenoxy) is 1. The lowest BCUT2D eigenvalue weighted by molar-refractivity contribution is 0.0526. The number of aliphatic hydroxyl groups is 1. The number of hydrogen-bond donors (Lipinski definition) is 2. The average molecular weight is 257 g/mol. The predicted octanol–water partition coefficient (Wildman–Crippen LogP) is 0.710. The van der Waals surface area contributed by atoms with Crippen molar-refractivity contribution in [1.82, 2.24) is 9.97 Å². The second-order valence-corrected chi connectivity index (χ2v) is 4.16. The predicted molar refractivity (Wildman–Crippen MR) is 64.8 cm³/mol. The van der Waals surface area contributed by atoms with Crippen LogP contribution < -0.4 is 5.73 Å². The van der Waals surface area contributed by atoms with E-state index in [1.54, 1.807) is 6.92 Å². The lowest BCUT2D eigenvalue weighted by Crippen LogP contribution is -2.10. The second-order valence-electron chi connectivity index (χ2n) is 3.10. The highest BCUT2D eigenvalue weighted by Crippen LogP contribution is 2.17. The summed E-state index contributed by atoms with van der Waals surface area (Å²) in [4.78, 5) is 19.4. The van der Waals surface area contributed by atoms with Crippen molar-refractivity contribution < 1.29 is 14.6 Å². The van der Waals surface area contributed by atoms with Crippen molar-refractivity contribution in [1.29, 1.82) is 0 Å². The van der Waals surface area contributed by atoms with Gasteiger partial charge >= 0.3 is 5.97 Å². The summed E-state index contributed by atoms with van der Waals surface area (Å²) >= 11 is 1.38. The van der Waals surface area contributed by atoms with Gasteiger partial charge in [-0.05, 0) is 13.3 Å². The van der Waals surface area contributed by atoms with Gasteiger partial charge in [0.1, 0.15) is 11.4 Å². The molecule has 17 heavy (non-hydrogen) atoms. The zero-order chi connectivity index (χ0) is 12.7. The molecule has 0 aliphatic heterocycles. The number of carbonyl (C=O) groups excluding carboxylic acids is 1. The van der Waals surface area contributed by atoms with Gasteiger partial charge in [0.2, 0.25) is 0 Å². The molecule has 0 aliphatic rings. The maximum Gasteiger partial charge on any atom is 0.343 e. The van der Waals surface area contributed by atoms with Gasteiger partial charge in [-0.1, -0.05) is 11.8 Å². The van der Waals surface area contributed by atoms with Crippen molar-refractivity contribution >= 4 is 23.5 Å². The standard InChI is InChI=1S/C10H15N3O3S/c1-2-16-9(15)7-6-12-10(13-8(7)11)17-5-3-4-14/h6,14H,2-5H2,1H3,(H2,11,12,13). The highest BCUT2D eigenvalue weighted by molar-refractivity contribution is 7.99. The monoisotopic (exact) mass is 257 g/mol. The fraction of sp³-hybridized carbons (Fsp3) is 0.500. The zero-order valence-electron chi connectivity index (χ0n) is 9.55. The number of rotatable bonds is 6. The van der Waals surface area contributed by atoms with Gasteiger partial charge in [0, 0.05) is 18.6 Å². The maximum atomic E-state index is 11.4. The highest BCUT2D eigenvalue weighted by atomic mass is 32.2. The van der Waals surface area contributed by atoms with Gasteiger partial charge < -0.3 is 15.6 Å². The summed E-state index contributed by atoms with van der Waals surface area (Å²) in [5.41, 5.74) is 5.82. The van der Waals surface area contributed by atoms with Crippen LogP contribution in [0.2, 0.25) is 0 Å². The minimum absolute atomic E-state index is 0.116. The number of nitrogens with zero attached hydrogens (tertiary/aromatic N) is 2. The number of nitrogens with two attached hydrogens (primary N) is 1. The molecule has 0 amide bonds. The topological polar surface area (TPSA) is 98.3 Å². The third-order valence-electron chi connectivity index (χ3n) is 1.83. The molecule has 3 N–H and O–H groups in total. The third-order valence-corrected chi connectivity index (χ3v) is 2.77. The van der Waals surface area contributed by atoms with E-state index < -0.39 is 5.97 Å². The summed E-state index contributed by atoms with van der Waals surface area (Å²) in [6, 6.07) is 0. The second kappa shape index (κ2) is 7.08. The summed E-state index contributed by atoms with van der Waals surface area (Å²) < 4.78 is 4.81. The Balaban J connectivity index is 2.68. The minimum atomic E-state index is -0.517. The average Bonchev–Trinajstić information content (AvgIpc) is 2.29. The Kier molecular flexibility index (Phi) is 5.71. The summed E-state index contributed by atoms with van der Waals surface area (Å²) in [7, 11) is 0. The molecule has 6 nitrogen and oxygen atoms in total. The first-order valence-corrected chi connectivity index (χ1v) is 6.21. The number of anilines is 1. The summed E-state index contributed by atoms with van der Waals surface area (Å²) in [6.07, 6.45) is 2.02. The molecule has 94 valence electrons. The number of nitrogen functional groups attached to an aromatic ring is 1. The quantitative estimate of drug-likeness (QED) is 0.335. The van der Waals surface area contributed by atoms with Gasteiger partial charge in [-0.2, -0.15) is 0 Å². The fourth-order valence-corrected chi connectivity index (χ4v) is 1.79. The Morgan fingerprint density at radius 1 is 1.65 bits per heavy atom. The van der Waals surface area contributed by atoms with Crippen molar-refractivity contribution in [3.8, 4) is 0 Å². The van der Waals surface area contributed by atoms with E-state index in [0.717, 1.165) is 0 Å². The lowest BCUT2D eigenvalue weighted by atomic mass is 10.3. The normalized spacial score (nSPS) is 10.2. The van der Waals surface area contributed by atoms with Crippen LogP contribution in [0.5, 0.6) is 0 Å². The molecule has 1 heterocycles. The SMILES string of the molecule is CCOC(=O)c1cnc(SCCCO)nc1N. The Hall–Kier alpha value is -1.34. The van der Waals surface area contributed by atoms with Crippen LogP contribution >= 0.6 is 11.8 Å². The first kappa shape index (κ1) is 13.7. The van der Waals surface area contributed by atoms with E-state index in [4.69, 9.17) is 15.6 Å². The summed E-state index contributed by atoms with van der Waals surface area (Å²) in [6.45, 7) is 2.13. The Morgan fingerprint density at radius 3 is 3.00 bits per heavy atom. The molecule has 0 fully saturated rings. The Morgan fingerprint density at radius 2 is 2.41 bits per heavy atom. The molecule has 0 unspecified atom stereocenters. The third kappa shape index (κ3) is 4.20. The molecule has 1 rings (SSSR count). The van der Waals surface area contributed by atoms with Gasteiger partial charge in [0.05, 0.1) is 6.61 Å². The molecule has 0 atom stereocenters. The molecular weight excluding hydrogens is 242 g/mol. The van der Waals surface area contributed by atoms with Crippen molar-refractivity contribution in [2.45, 2.75) is 18.5 Å². The van der Waals surface area contributed by atoms with Gasteiger partial charge in [0.25, 0.3) is 0 Å². The lowest BCUT2D eigenvalue weighted by Gasteiger charge is -2.05. The number of esters is 1. The van der Waals surface area contributed by atoms with E-state index in [1.807, 2.05) is 0 Å². The van der Waals surface area contributed by atoms with E-state index in [9.17, 15) is 4.79 Å². The van der Waals surface area contributed by atoms with Crippen LogP contribution in [0.4, 0.5) is 5.82 Å². The first-order valence-electron chi connectivity index (χ1n) is 5.22. The van der Waals surface area contributed by atoms with Crippen LogP contribution in [0.15, 0.2) is 11.4 Å². The van der Waals surface area contributed by atoms with Crippen LogP contribution in [-0.2, 0) is 4.74 Å². The minimum Gasteiger partial charge on any atom is -0.462 e. The summed E-state index contributed by atoms with van der Waals surface area (Å²) in [5.74, 6) is 0.302. The number of aliphatic hydroxyl groups excluding tert-OH is 1. The van der Waals surface area contributed by atoms with Crippen LogP contribution in [0.25, 0.3) is 0 Å². The van der Waals surface area contributed by atoms with E-state index in [2.05, 4.69) is 9.97 Å². The van der Waals surface area contributed by atoms with Gasteiger partial charge in [-0.3, -0.25) is 0 Å². The van der Waals surface area contributed by atoms with Gasteiger partial charge in [-0.25, -0.2) is 14.8 Å². The van der Waals surface area contributed by atoms with Crippen molar-refractivity contribution in [2.24, 2.45) is 0 Å². The molecule has 0 saturated heterocycles. The molecule has 1 aromatic rings. The van der Waals surface area contributed by atoms with Gasteiger partial charge in [0.15, 0.2) is 5.16 Å². The molecular formula is C10H15N3O3S. The highest BCUT2D eigenvalue weighted by Gasteiger charge is 2.13. The van der Waals surface area contributed by atoms with Crippen LogP contribution in [0, 0.1) is 0 Å². The molecule has 0 bridgehead atoms. The van der Waals surface area contributed by atoms with Crippen molar-refractivity contribution in [3.05, 3.63) is 11.8 Å². The maximum absolute atomic E-state index is 11.4. The zero-order valence-corrected chi connectivity index (χ0v) is 10.4. The fourth-order valence-electron chi connectivity index (χ4n) is 1.04. The van der Waals surface area contributed by atoms with E-state index in [-0.39, 0.29) is 24.6 Å².